The van der Waals surface area contributed by atoms with Crippen LogP contribution in [0.25, 0.3) is 5.43 Å². The Bertz CT molecular complexity index is 310. The highest BCUT2D eigenvalue weighted by Gasteiger charge is 2.14. The molecule has 0 amide bonds. The Labute approximate surface area is 66.3 Å². The molecule has 2 radical (unpaired) electrons. The molecule has 0 saturated heterocycles. The van der Waals surface area contributed by atoms with Crippen molar-refractivity contribution in [1.82, 2.24) is 0 Å². The van der Waals surface area contributed by atoms with Gasteiger partial charge >= 0.3 is 0 Å². The fourth-order valence-electron chi connectivity index (χ4n) is 1.04. The van der Waals surface area contributed by atoms with Crippen LogP contribution < -0.4 is 4.92 Å². The molecule has 0 unspecified atom stereocenters. The summed E-state index contributed by atoms with van der Waals surface area (Å²) in [5.74, 6) is 0. The van der Waals surface area contributed by atoms with Gasteiger partial charge in [0.1, 0.15) is 0 Å². The number of hydrogen-bond donors (Lipinski definition) is 0. The van der Waals surface area contributed by atoms with E-state index >= 15 is 0 Å². The number of rotatable bonds is 0. The van der Waals surface area contributed by atoms with Crippen LogP contribution in [-0.4, -0.2) is 19.5 Å². The number of nitrogens with zero attached hydrogens (tertiary/aromatic N) is 3. The molecule has 1 aliphatic heterocycles. The predicted octanol–water partition coefficient (Wildman–Crippen LogP) is 1.14. The second-order valence-electron chi connectivity index (χ2n) is 2.31. The zero-order valence-corrected chi connectivity index (χ0v) is 5.94. The molecule has 11 heavy (non-hydrogen) atoms. The summed E-state index contributed by atoms with van der Waals surface area (Å²) in [6.45, 7) is 3.60. The van der Waals surface area contributed by atoms with Gasteiger partial charge in [-0.25, -0.2) is 0 Å². The van der Waals surface area contributed by atoms with Crippen LogP contribution >= 0.6 is 0 Å². The number of anilines is 1. The second-order valence-corrected chi connectivity index (χ2v) is 2.31. The number of fused-ring (bicyclic) bond motifs is 1. The van der Waals surface area contributed by atoms with Crippen molar-refractivity contribution in [2.45, 2.75) is 0 Å². The Morgan fingerprint density at radius 1 is 1.45 bits per heavy atom. The smallest absolute Gasteiger partial charge is 0.156 e. The molecule has 1 aromatic rings. The summed E-state index contributed by atoms with van der Waals surface area (Å²) in [5.41, 5.74) is 5.79. The molecule has 0 aliphatic carbocycles. The van der Waals surface area contributed by atoms with Gasteiger partial charge in [-0.3, -0.25) is 0 Å². The molecule has 1 aliphatic rings. The minimum Gasteiger partial charge on any atom is -0.303 e. The lowest BCUT2D eigenvalue weighted by molar-refractivity contribution is -0.451. The monoisotopic (exact) mass is 143 g/mol. The number of hydrazine groups is 1. The number of hydrazone groups is 1. The molecular weight excluding hydrogens is 137 g/mol. The largest absolute Gasteiger partial charge is 0.303 e. The lowest BCUT2D eigenvalue weighted by Gasteiger charge is -2.13. The third-order valence-electron chi connectivity index (χ3n) is 1.60. The van der Waals surface area contributed by atoms with E-state index < -0.39 is 0 Å². The Morgan fingerprint density at radius 3 is 2.91 bits per heavy atom. The van der Waals surface area contributed by atoms with Crippen LogP contribution in [0.4, 0.5) is 11.4 Å². The quantitative estimate of drug-likeness (QED) is 0.393. The molecule has 2 rings (SSSR count). The third-order valence-corrected chi connectivity index (χ3v) is 1.60. The van der Waals surface area contributed by atoms with Gasteiger partial charge in [0.15, 0.2) is 14.7 Å². The number of hydrogen-bond acceptors (Lipinski definition) is 1. The summed E-state index contributed by atoms with van der Waals surface area (Å²) in [7, 11) is 5.59. The molecule has 1 heterocycles. The maximum atomic E-state index is 5.59. The van der Waals surface area contributed by atoms with Crippen molar-refractivity contribution in [2.75, 3.05) is 4.92 Å². The number of benzene rings is 1. The highest BCUT2D eigenvalue weighted by Crippen LogP contribution is 2.37. The molecule has 1 aromatic carbocycles. The van der Waals surface area contributed by atoms with Crippen LogP contribution in [0.15, 0.2) is 24.3 Å². The minimum absolute atomic E-state index is 0.852. The molecule has 0 saturated carbocycles. The van der Waals surface area contributed by atoms with E-state index in [1.165, 1.54) is 9.71 Å². The van der Waals surface area contributed by atoms with Gasteiger partial charge in [0.2, 0.25) is 0 Å². The van der Waals surface area contributed by atoms with E-state index in [-0.39, 0.29) is 0 Å². The standard InChI is InChI=1S/C7H6BN3/c1-10-9-6-4-2-3-5-7(6)11(10)8/h2-5H,1H2. The predicted molar refractivity (Wildman–Crippen MR) is 45.1 cm³/mol. The van der Waals surface area contributed by atoms with Crippen molar-refractivity contribution in [3.63, 3.8) is 0 Å². The van der Waals surface area contributed by atoms with Crippen molar-refractivity contribution in [1.29, 1.82) is 0 Å². The molecule has 0 N–H and O–H groups in total. The van der Waals surface area contributed by atoms with E-state index in [0.29, 0.717) is 0 Å². The Kier molecular flexibility index (Phi) is 1.15. The molecule has 3 nitrogen and oxygen atoms in total. The first-order valence-electron chi connectivity index (χ1n) is 3.25. The highest BCUT2D eigenvalue weighted by atomic mass is 15.7. The number of para-hydroxylation sites is 1. The Hall–Kier alpha value is -1.45. The van der Waals surface area contributed by atoms with Gasteiger partial charge in [-0.15, -0.1) is 4.79 Å². The van der Waals surface area contributed by atoms with E-state index in [9.17, 15) is 0 Å². The van der Waals surface area contributed by atoms with Crippen molar-refractivity contribution >= 4 is 26.1 Å². The van der Waals surface area contributed by atoms with Gasteiger partial charge in [0.05, 0.1) is 0 Å². The lowest BCUT2D eigenvalue weighted by atomic mass is 10.2. The van der Waals surface area contributed by atoms with E-state index in [4.69, 9.17) is 7.98 Å². The van der Waals surface area contributed by atoms with Crippen LogP contribution in [0.3, 0.4) is 0 Å². The molecular formula is C7H6BN3. The maximum absolute atomic E-state index is 5.59. The third kappa shape index (κ3) is 0.791. The van der Waals surface area contributed by atoms with Crippen molar-refractivity contribution in [3.8, 4) is 0 Å². The molecule has 0 fully saturated rings. The Balaban J connectivity index is 2.55. The fourth-order valence-corrected chi connectivity index (χ4v) is 1.04. The summed E-state index contributed by atoms with van der Waals surface area (Å²) in [6, 6.07) is 7.60. The molecule has 52 valence electrons. The zero-order chi connectivity index (χ0) is 7.84. The maximum Gasteiger partial charge on any atom is 0.156 e. The summed E-state index contributed by atoms with van der Waals surface area (Å²) < 4.78 is 0. The molecule has 0 atom stereocenters. The molecule has 0 aromatic heterocycles. The lowest BCUT2D eigenvalue weighted by Crippen LogP contribution is -2.22. The van der Waals surface area contributed by atoms with Crippen molar-refractivity contribution < 1.29 is 4.79 Å². The average molecular weight is 143 g/mol. The first-order chi connectivity index (χ1) is 5.29. The molecule has 0 spiro atoms. The summed E-state index contributed by atoms with van der Waals surface area (Å²) in [6.07, 6.45) is 0. The summed E-state index contributed by atoms with van der Waals surface area (Å²) in [4.78, 5) is 2.75. The van der Waals surface area contributed by atoms with Crippen LogP contribution in [0.2, 0.25) is 0 Å². The van der Waals surface area contributed by atoms with E-state index in [1.807, 2.05) is 24.3 Å². The Morgan fingerprint density at radius 2 is 2.18 bits per heavy atom. The van der Waals surface area contributed by atoms with E-state index in [2.05, 4.69) is 12.1 Å². The average Bonchev–Trinajstić information content (AvgIpc) is 2.30. The topological polar surface area (TPSA) is 20.4 Å². The summed E-state index contributed by atoms with van der Waals surface area (Å²) in [5, 5.41) is 0. The van der Waals surface area contributed by atoms with E-state index in [0.717, 1.165) is 11.4 Å². The van der Waals surface area contributed by atoms with Crippen LogP contribution in [0.1, 0.15) is 0 Å². The first-order valence-corrected chi connectivity index (χ1v) is 3.25. The van der Waals surface area contributed by atoms with Gasteiger partial charge in [0, 0.05) is 11.4 Å². The van der Waals surface area contributed by atoms with Crippen molar-refractivity contribution in [3.05, 3.63) is 29.7 Å². The van der Waals surface area contributed by atoms with Crippen LogP contribution in [0, 0.1) is 0 Å². The first kappa shape index (κ1) is 6.28. The second kappa shape index (κ2) is 2.02. The van der Waals surface area contributed by atoms with Crippen LogP contribution in [-0.2, 0) is 0 Å². The fraction of sp³-hybridized carbons (Fsp3) is 0. The van der Waals surface area contributed by atoms with E-state index in [1.54, 1.807) is 0 Å². The van der Waals surface area contributed by atoms with Gasteiger partial charge in [-0.05, 0) is 0 Å². The van der Waals surface area contributed by atoms with Crippen LogP contribution in [0.5, 0.6) is 0 Å². The molecule has 4 heteroatoms. The van der Waals surface area contributed by atoms with Gasteiger partial charge in [0.25, 0.3) is 0 Å². The summed E-state index contributed by atoms with van der Waals surface area (Å²) >= 11 is 0. The SMILES string of the molecule is [B]N1c2ccccc2[N-][N+]1=C. The van der Waals surface area contributed by atoms with Crippen molar-refractivity contribution in [2.24, 2.45) is 0 Å². The van der Waals surface area contributed by atoms with Gasteiger partial charge in [-0.2, -0.15) is 5.43 Å². The highest BCUT2D eigenvalue weighted by molar-refractivity contribution is 6.18. The minimum atomic E-state index is 0.852. The van der Waals surface area contributed by atoms with Gasteiger partial charge < -0.3 is 4.92 Å². The normalized spacial score (nSPS) is 14.5. The molecule has 0 bridgehead atoms. The zero-order valence-electron chi connectivity index (χ0n) is 5.94. The van der Waals surface area contributed by atoms with Gasteiger partial charge in [-0.1, -0.05) is 24.3 Å².